The molecule has 0 aromatic carbocycles. The van der Waals surface area contributed by atoms with Gasteiger partial charge in [0.2, 0.25) is 0 Å². The molecule has 0 spiro atoms. The Balaban J connectivity index is 2.30. The standard InChI is InChI=1S/C16H22N4/c1-4-15-14(10-12(3)19-20-15)16(17-5-2)11-13-8-6-7-9-18-13/h6-10,16-17H,4-5,11H2,1-3H3. The fourth-order valence-electron chi connectivity index (χ4n) is 2.38. The van der Waals surface area contributed by atoms with Crippen molar-refractivity contribution in [2.75, 3.05) is 6.54 Å². The highest BCUT2D eigenvalue weighted by molar-refractivity contribution is 5.26. The minimum Gasteiger partial charge on any atom is -0.310 e. The molecule has 4 heteroatoms. The predicted octanol–water partition coefficient (Wildman–Crippen LogP) is 2.64. The average molecular weight is 270 g/mol. The molecule has 0 radical (unpaired) electrons. The van der Waals surface area contributed by atoms with E-state index in [1.165, 1.54) is 5.56 Å². The monoisotopic (exact) mass is 270 g/mol. The van der Waals surface area contributed by atoms with E-state index in [-0.39, 0.29) is 6.04 Å². The molecule has 20 heavy (non-hydrogen) atoms. The molecule has 0 bridgehead atoms. The lowest BCUT2D eigenvalue weighted by Crippen LogP contribution is -2.25. The molecule has 0 saturated heterocycles. The molecule has 2 heterocycles. The van der Waals surface area contributed by atoms with Crippen LogP contribution in [0.15, 0.2) is 30.5 Å². The summed E-state index contributed by atoms with van der Waals surface area (Å²) in [6, 6.07) is 8.42. The van der Waals surface area contributed by atoms with Gasteiger partial charge in [-0.15, -0.1) is 0 Å². The van der Waals surface area contributed by atoms with Crippen molar-refractivity contribution in [3.05, 3.63) is 53.1 Å². The summed E-state index contributed by atoms with van der Waals surface area (Å²) in [5, 5.41) is 12.0. The molecule has 1 atom stereocenters. The molecule has 0 amide bonds. The lowest BCUT2D eigenvalue weighted by Gasteiger charge is -2.20. The first-order chi connectivity index (χ1) is 9.74. The molecule has 2 aromatic heterocycles. The van der Waals surface area contributed by atoms with Crippen LogP contribution in [0, 0.1) is 6.92 Å². The molecule has 0 aliphatic rings. The van der Waals surface area contributed by atoms with Gasteiger partial charge < -0.3 is 5.32 Å². The molecule has 0 fully saturated rings. The third kappa shape index (κ3) is 3.61. The van der Waals surface area contributed by atoms with E-state index in [0.29, 0.717) is 0 Å². The number of likely N-dealkylation sites (N-methyl/N-ethyl adjacent to an activating group) is 1. The topological polar surface area (TPSA) is 50.7 Å². The average Bonchev–Trinajstić information content (AvgIpc) is 2.48. The smallest absolute Gasteiger partial charge is 0.0676 e. The van der Waals surface area contributed by atoms with Gasteiger partial charge in [-0.25, -0.2) is 0 Å². The second kappa shape index (κ2) is 7.10. The van der Waals surface area contributed by atoms with Crippen LogP contribution in [0.1, 0.15) is 42.5 Å². The van der Waals surface area contributed by atoms with Crippen molar-refractivity contribution in [3.8, 4) is 0 Å². The maximum absolute atomic E-state index is 4.43. The van der Waals surface area contributed by atoms with Crippen LogP contribution in [0.2, 0.25) is 0 Å². The Morgan fingerprint density at radius 3 is 2.70 bits per heavy atom. The van der Waals surface area contributed by atoms with E-state index in [4.69, 9.17) is 0 Å². The quantitative estimate of drug-likeness (QED) is 0.876. The van der Waals surface area contributed by atoms with Crippen LogP contribution in [-0.2, 0) is 12.8 Å². The summed E-state index contributed by atoms with van der Waals surface area (Å²) >= 11 is 0. The third-order valence-electron chi connectivity index (χ3n) is 3.33. The van der Waals surface area contributed by atoms with Gasteiger partial charge in [-0.1, -0.05) is 19.9 Å². The Hall–Kier alpha value is -1.81. The Morgan fingerprint density at radius 1 is 1.20 bits per heavy atom. The number of pyridine rings is 1. The molecule has 0 saturated carbocycles. The van der Waals surface area contributed by atoms with E-state index in [9.17, 15) is 0 Å². The van der Waals surface area contributed by atoms with Crippen LogP contribution in [-0.4, -0.2) is 21.7 Å². The Labute approximate surface area is 120 Å². The lowest BCUT2D eigenvalue weighted by atomic mass is 9.98. The van der Waals surface area contributed by atoms with Crippen LogP contribution >= 0.6 is 0 Å². The number of aryl methyl sites for hydroxylation is 2. The van der Waals surface area contributed by atoms with Crippen molar-refractivity contribution in [3.63, 3.8) is 0 Å². The maximum Gasteiger partial charge on any atom is 0.0676 e. The SMILES string of the molecule is CCNC(Cc1ccccn1)c1cc(C)nnc1CC. The highest BCUT2D eigenvalue weighted by atomic mass is 15.1. The predicted molar refractivity (Wildman–Crippen MR) is 80.5 cm³/mol. The molecule has 4 nitrogen and oxygen atoms in total. The summed E-state index contributed by atoms with van der Waals surface area (Å²) in [4.78, 5) is 4.43. The maximum atomic E-state index is 4.43. The zero-order valence-corrected chi connectivity index (χ0v) is 12.4. The number of nitrogens with one attached hydrogen (secondary N) is 1. The van der Waals surface area contributed by atoms with Crippen LogP contribution in [0.3, 0.4) is 0 Å². The summed E-state index contributed by atoms with van der Waals surface area (Å²) in [7, 11) is 0. The van der Waals surface area contributed by atoms with Gasteiger partial charge in [0.25, 0.3) is 0 Å². The summed E-state index contributed by atoms with van der Waals surface area (Å²) in [6.07, 6.45) is 3.61. The molecule has 1 unspecified atom stereocenters. The van der Waals surface area contributed by atoms with Gasteiger partial charge in [-0.05, 0) is 43.7 Å². The normalized spacial score (nSPS) is 12.3. The number of rotatable bonds is 6. The molecule has 0 aliphatic heterocycles. The molecule has 2 aromatic rings. The summed E-state index contributed by atoms with van der Waals surface area (Å²) < 4.78 is 0. The zero-order valence-electron chi connectivity index (χ0n) is 12.4. The minimum atomic E-state index is 0.235. The van der Waals surface area contributed by atoms with Gasteiger partial charge in [0, 0.05) is 24.4 Å². The highest BCUT2D eigenvalue weighted by Gasteiger charge is 2.16. The largest absolute Gasteiger partial charge is 0.310 e. The molecule has 0 aliphatic carbocycles. The van der Waals surface area contributed by atoms with Gasteiger partial charge in [0.1, 0.15) is 0 Å². The first kappa shape index (κ1) is 14.6. The second-order valence-electron chi connectivity index (χ2n) is 4.88. The molecular formula is C16H22N4. The van der Waals surface area contributed by atoms with Gasteiger partial charge in [-0.2, -0.15) is 10.2 Å². The van der Waals surface area contributed by atoms with Crippen molar-refractivity contribution in [2.45, 2.75) is 39.7 Å². The van der Waals surface area contributed by atoms with E-state index in [0.717, 1.165) is 36.5 Å². The van der Waals surface area contributed by atoms with Gasteiger partial charge in [0.15, 0.2) is 0 Å². The van der Waals surface area contributed by atoms with Crippen LogP contribution in [0.25, 0.3) is 0 Å². The first-order valence-corrected chi connectivity index (χ1v) is 7.21. The van der Waals surface area contributed by atoms with Crippen molar-refractivity contribution < 1.29 is 0 Å². The van der Waals surface area contributed by atoms with E-state index < -0.39 is 0 Å². The Morgan fingerprint density at radius 2 is 2.05 bits per heavy atom. The minimum absolute atomic E-state index is 0.235. The first-order valence-electron chi connectivity index (χ1n) is 7.21. The lowest BCUT2D eigenvalue weighted by molar-refractivity contribution is 0.534. The number of hydrogen-bond donors (Lipinski definition) is 1. The fourth-order valence-corrected chi connectivity index (χ4v) is 2.38. The van der Waals surface area contributed by atoms with Crippen molar-refractivity contribution in [2.24, 2.45) is 0 Å². The molecule has 2 rings (SSSR count). The Bertz CT molecular complexity index is 539. The number of hydrogen-bond acceptors (Lipinski definition) is 4. The fraction of sp³-hybridized carbons (Fsp3) is 0.438. The summed E-state index contributed by atoms with van der Waals surface area (Å²) in [6.45, 7) is 7.15. The van der Waals surface area contributed by atoms with E-state index >= 15 is 0 Å². The Kier molecular flexibility index (Phi) is 5.18. The van der Waals surface area contributed by atoms with Crippen LogP contribution in [0.5, 0.6) is 0 Å². The van der Waals surface area contributed by atoms with E-state index in [2.05, 4.69) is 46.5 Å². The molecule has 106 valence electrons. The molecular weight excluding hydrogens is 248 g/mol. The summed E-state index contributed by atoms with van der Waals surface area (Å²) in [5.74, 6) is 0. The van der Waals surface area contributed by atoms with E-state index in [1.54, 1.807) is 0 Å². The van der Waals surface area contributed by atoms with E-state index in [1.807, 2.05) is 25.3 Å². The van der Waals surface area contributed by atoms with Gasteiger partial charge >= 0.3 is 0 Å². The van der Waals surface area contributed by atoms with Crippen LogP contribution < -0.4 is 5.32 Å². The highest BCUT2D eigenvalue weighted by Crippen LogP contribution is 2.21. The zero-order chi connectivity index (χ0) is 14.4. The van der Waals surface area contributed by atoms with Crippen molar-refractivity contribution in [1.29, 1.82) is 0 Å². The molecule has 1 N–H and O–H groups in total. The summed E-state index contributed by atoms with van der Waals surface area (Å²) in [5.41, 5.74) is 4.36. The number of aromatic nitrogens is 3. The number of nitrogens with zero attached hydrogens (tertiary/aromatic N) is 3. The van der Waals surface area contributed by atoms with Gasteiger partial charge in [-0.3, -0.25) is 4.98 Å². The van der Waals surface area contributed by atoms with Crippen molar-refractivity contribution >= 4 is 0 Å². The third-order valence-corrected chi connectivity index (χ3v) is 3.33. The van der Waals surface area contributed by atoms with Gasteiger partial charge in [0.05, 0.1) is 11.4 Å². The second-order valence-corrected chi connectivity index (χ2v) is 4.88. The van der Waals surface area contributed by atoms with Crippen LogP contribution in [0.4, 0.5) is 0 Å². The van der Waals surface area contributed by atoms with Crippen molar-refractivity contribution in [1.82, 2.24) is 20.5 Å².